The SMILES string of the molecule is COc1ccc([C@H]2c3c(C)nn(-c4ccccc4)c3Oc3ncn4nc(COc5ccc6ccccc6c5)nc4c32)cc1. The van der Waals surface area contributed by atoms with Crippen molar-refractivity contribution in [3.05, 3.63) is 132 Å². The molecular weight excluding hydrogens is 540 g/mol. The van der Waals surface area contributed by atoms with Crippen molar-refractivity contribution in [2.45, 2.75) is 19.4 Å². The van der Waals surface area contributed by atoms with Gasteiger partial charge in [-0.25, -0.2) is 19.2 Å². The van der Waals surface area contributed by atoms with Crippen LogP contribution < -0.4 is 14.2 Å². The fraction of sp³-hybridized carbons (Fsp3) is 0.118. The third kappa shape index (κ3) is 4.25. The topological polar surface area (TPSA) is 88.6 Å². The lowest BCUT2D eigenvalue weighted by Crippen LogP contribution is -2.16. The van der Waals surface area contributed by atoms with E-state index in [-0.39, 0.29) is 12.5 Å². The van der Waals surface area contributed by atoms with Crippen LogP contribution in [0.25, 0.3) is 22.1 Å². The number of methoxy groups -OCH3 is 1. The number of ether oxygens (including phenoxy) is 3. The van der Waals surface area contributed by atoms with E-state index in [2.05, 4.69) is 24.3 Å². The highest BCUT2D eigenvalue weighted by Gasteiger charge is 2.38. The summed E-state index contributed by atoms with van der Waals surface area (Å²) in [7, 11) is 1.66. The molecule has 1 atom stereocenters. The molecular formula is C34H26N6O3. The number of fused-ring (bicyclic) bond motifs is 5. The van der Waals surface area contributed by atoms with Gasteiger partial charge in [-0.3, -0.25) is 0 Å². The predicted molar refractivity (Wildman–Crippen MR) is 161 cm³/mol. The highest BCUT2D eigenvalue weighted by molar-refractivity contribution is 5.83. The minimum atomic E-state index is -0.253. The fourth-order valence-electron chi connectivity index (χ4n) is 5.76. The predicted octanol–water partition coefficient (Wildman–Crippen LogP) is 6.65. The van der Waals surface area contributed by atoms with E-state index < -0.39 is 0 Å². The zero-order chi connectivity index (χ0) is 28.9. The van der Waals surface area contributed by atoms with Crippen molar-refractivity contribution in [3.8, 4) is 28.9 Å². The number of benzene rings is 4. The Bertz CT molecular complexity index is 2120. The third-order valence-corrected chi connectivity index (χ3v) is 7.80. The molecule has 0 bridgehead atoms. The van der Waals surface area contributed by atoms with Crippen LogP contribution in [0.4, 0.5) is 0 Å². The molecule has 0 radical (unpaired) electrons. The molecule has 9 nitrogen and oxygen atoms in total. The molecule has 0 saturated carbocycles. The van der Waals surface area contributed by atoms with Crippen molar-refractivity contribution in [1.82, 2.24) is 29.4 Å². The minimum Gasteiger partial charge on any atom is -0.497 e. The van der Waals surface area contributed by atoms with Gasteiger partial charge in [0.2, 0.25) is 11.8 Å². The number of hydrogen-bond acceptors (Lipinski definition) is 7. The van der Waals surface area contributed by atoms with Crippen molar-refractivity contribution in [2.24, 2.45) is 0 Å². The molecule has 7 aromatic rings. The summed E-state index contributed by atoms with van der Waals surface area (Å²) in [5.74, 6) is 2.92. The van der Waals surface area contributed by atoms with Gasteiger partial charge >= 0.3 is 0 Å². The molecule has 0 spiro atoms. The van der Waals surface area contributed by atoms with E-state index in [4.69, 9.17) is 34.4 Å². The minimum absolute atomic E-state index is 0.207. The van der Waals surface area contributed by atoms with Crippen LogP contribution in [0.15, 0.2) is 103 Å². The monoisotopic (exact) mass is 566 g/mol. The van der Waals surface area contributed by atoms with E-state index in [9.17, 15) is 0 Å². The average molecular weight is 567 g/mol. The van der Waals surface area contributed by atoms with Crippen molar-refractivity contribution in [1.29, 1.82) is 0 Å². The maximum Gasteiger partial charge on any atom is 0.230 e. The largest absolute Gasteiger partial charge is 0.497 e. The molecule has 9 heteroatoms. The van der Waals surface area contributed by atoms with E-state index >= 15 is 0 Å². The molecule has 3 aromatic heterocycles. The van der Waals surface area contributed by atoms with Crippen molar-refractivity contribution in [2.75, 3.05) is 7.11 Å². The van der Waals surface area contributed by atoms with Crippen LogP contribution in [0.3, 0.4) is 0 Å². The van der Waals surface area contributed by atoms with Crippen molar-refractivity contribution < 1.29 is 14.2 Å². The molecule has 0 saturated heterocycles. The molecule has 0 fully saturated rings. The Morgan fingerprint density at radius 3 is 2.40 bits per heavy atom. The lowest BCUT2D eigenvalue weighted by atomic mass is 9.84. The zero-order valence-corrected chi connectivity index (χ0v) is 23.5. The summed E-state index contributed by atoms with van der Waals surface area (Å²) in [5, 5.41) is 11.9. The summed E-state index contributed by atoms with van der Waals surface area (Å²) in [5.41, 5.74) is 5.22. The third-order valence-electron chi connectivity index (χ3n) is 7.80. The Kier molecular flexibility index (Phi) is 5.82. The second-order valence-corrected chi connectivity index (χ2v) is 10.4. The van der Waals surface area contributed by atoms with Crippen LogP contribution in [0.2, 0.25) is 0 Å². The summed E-state index contributed by atoms with van der Waals surface area (Å²) < 4.78 is 21.6. The summed E-state index contributed by atoms with van der Waals surface area (Å²) in [6.45, 7) is 2.21. The summed E-state index contributed by atoms with van der Waals surface area (Å²) >= 11 is 0. The van der Waals surface area contributed by atoms with E-state index in [1.807, 2.05) is 84.4 Å². The standard InChI is InChI=1S/C34H26N6O3/c1-21-29-30(23-13-15-26(41-2)16-14-23)31-32-36-28(19-42-27-17-12-22-8-6-7-9-24(22)18-27)38-39(32)20-35-33(31)43-34(29)40(37-21)25-10-4-3-5-11-25/h3-18,20,30H,19H2,1-2H3/t30-/m0/s1. The number of nitrogens with zero attached hydrogens (tertiary/aromatic N) is 6. The van der Waals surface area contributed by atoms with Crippen LogP contribution in [-0.4, -0.2) is 36.5 Å². The Labute approximate surface area is 246 Å². The molecule has 43 heavy (non-hydrogen) atoms. The van der Waals surface area contributed by atoms with Gasteiger partial charge in [0, 0.05) is 0 Å². The first-order chi connectivity index (χ1) is 21.2. The van der Waals surface area contributed by atoms with Gasteiger partial charge in [0.05, 0.1) is 35.5 Å². The van der Waals surface area contributed by atoms with Gasteiger partial charge in [0.15, 0.2) is 11.5 Å². The highest BCUT2D eigenvalue weighted by Crippen LogP contribution is 2.49. The molecule has 0 unspecified atom stereocenters. The second kappa shape index (κ2) is 9.99. The van der Waals surface area contributed by atoms with Gasteiger partial charge in [-0.15, -0.1) is 5.10 Å². The molecule has 0 aliphatic carbocycles. The van der Waals surface area contributed by atoms with Crippen molar-refractivity contribution >= 4 is 16.4 Å². The van der Waals surface area contributed by atoms with Gasteiger partial charge in [0.25, 0.3) is 0 Å². The number of rotatable bonds is 6. The number of hydrogen-bond donors (Lipinski definition) is 0. The number of aromatic nitrogens is 6. The van der Waals surface area contributed by atoms with Gasteiger partial charge < -0.3 is 14.2 Å². The van der Waals surface area contributed by atoms with Crippen LogP contribution >= 0.6 is 0 Å². The van der Waals surface area contributed by atoms with Crippen LogP contribution in [0.1, 0.15) is 34.1 Å². The summed E-state index contributed by atoms with van der Waals surface area (Å²) in [6.07, 6.45) is 1.63. The molecule has 8 rings (SSSR count). The Morgan fingerprint density at radius 2 is 1.58 bits per heavy atom. The lowest BCUT2D eigenvalue weighted by molar-refractivity contribution is 0.296. The zero-order valence-electron chi connectivity index (χ0n) is 23.5. The normalized spacial score (nSPS) is 13.9. The average Bonchev–Trinajstić information content (AvgIpc) is 3.63. The molecule has 1 aliphatic rings. The quantitative estimate of drug-likeness (QED) is 0.223. The number of para-hydroxylation sites is 1. The Morgan fingerprint density at radius 1 is 0.814 bits per heavy atom. The van der Waals surface area contributed by atoms with Crippen molar-refractivity contribution in [3.63, 3.8) is 0 Å². The van der Waals surface area contributed by atoms with Gasteiger partial charge in [-0.2, -0.15) is 5.10 Å². The molecule has 0 N–H and O–H groups in total. The molecule has 1 aliphatic heterocycles. The molecule has 4 heterocycles. The Balaban J connectivity index is 1.23. The van der Waals surface area contributed by atoms with Gasteiger partial charge in [-0.05, 0) is 59.7 Å². The lowest BCUT2D eigenvalue weighted by Gasteiger charge is -2.26. The maximum atomic E-state index is 6.52. The van der Waals surface area contributed by atoms with Gasteiger partial charge in [0.1, 0.15) is 24.4 Å². The molecule has 4 aromatic carbocycles. The second-order valence-electron chi connectivity index (χ2n) is 10.4. The fourth-order valence-corrected chi connectivity index (χ4v) is 5.76. The molecule has 0 amide bonds. The number of aryl methyl sites for hydroxylation is 1. The van der Waals surface area contributed by atoms with Crippen LogP contribution in [-0.2, 0) is 6.61 Å². The first-order valence-corrected chi connectivity index (χ1v) is 14.0. The Hall–Kier alpha value is -5.70. The highest BCUT2D eigenvalue weighted by atomic mass is 16.5. The maximum absolute atomic E-state index is 6.52. The summed E-state index contributed by atoms with van der Waals surface area (Å²) in [6, 6.07) is 32.2. The summed E-state index contributed by atoms with van der Waals surface area (Å²) in [4.78, 5) is 9.63. The smallest absolute Gasteiger partial charge is 0.230 e. The first kappa shape index (κ1) is 25.0. The van der Waals surface area contributed by atoms with E-state index in [0.29, 0.717) is 23.2 Å². The van der Waals surface area contributed by atoms with Gasteiger partial charge in [-0.1, -0.05) is 60.7 Å². The van der Waals surface area contributed by atoms with Crippen LogP contribution in [0, 0.1) is 6.92 Å². The van der Waals surface area contributed by atoms with Crippen LogP contribution in [0.5, 0.6) is 23.3 Å². The van der Waals surface area contributed by atoms with E-state index in [1.54, 1.807) is 18.0 Å². The first-order valence-electron chi connectivity index (χ1n) is 14.0. The van der Waals surface area contributed by atoms with E-state index in [0.717, 1.165) is 50.3 Å². The molecule has 210 valence electrons. The van der Waals surface area contributed by atoms with E-state index in [1.165, 1.54) is 0 Å².